The second-order valence-electron chi connectivity index (χ2n) is 32.7. The molecule has 0 aromatic rings. The van der Waals surface area contributed by atoms with E-state index in [2.05, 4.69) is 68.8 Å². The van der Waals surface area contributed by atoms with Crippen molar-refractivity contribution in [2.24, 2.45) is 28.1 Å². The first kappa shape index (κ1) is 103. The van der Waals surface area contributed by atoms with E-state index in [1.165, 1.54) is 38.3 Å². The van der Waals surface area contributed by atoms with Crippen molar-refractivity contribution in [3.8, 4) is 0 Å². The molecule has 0 saturated carbocycles. The number of aliphatic imine (C=N–C) groups is 1. The summed E-state index contributed by atoms with van der Waals surface area (Å²) in [6.07, 6.45) is -1.31. The average Bonchev–Trinajstić information content (AvgIpc) is 1.71. The van der Waals surface area contributed by atoms with Gasteiger partial charge in [0.15, 0.2) is 5.96 Å². The lowest BCUT2D eigenvalue weighted by Crippen LogP contribution is -2.57. The molecule has 7 rings (SSSR count). The van der Waals surface area contributed by atoms with Crippen LogP contribution < -0.4 is 81.0 Å². The molecule has 24 N–H and O–H groups in total. The van der Waals surface area contributed by atoms with Crippen LogP contribution >= 0.6 is 11.8 Å². The van der Waals surface area contributed by atoms with Gasteiger partial charge in [-0.2, -0.15) is 11.8 Å². The number of nitrogens with two attached hydrogens (primary N) is 3. The molecule has 7 aliphatic heterocycles. The number of hydrogen-bond donors (Lipinski definition) is 21. The van der Waals surface area contributed by atoms with Gasteiger partial charge in [-0.15, -0.1) is 0 Å². The van der Waals surface area contributed by atoms with E-state index >= 15 is 0 Å². The molecule has 7 saturated heterocycles. The van der Waals surface area contributed by atoms with Crippen LogP contribution in [0, 0.1) is 5.92 Å². The first-order valence-electron chi connectivity index (χ1n) is 42.6. The van der Waals surface area contributed by atoms with E-state index in [0.717, 1.165) is 14.7 Å². The van der Waals surface area contributed by atoms with Gasteiger partial charge in [-0.1, -0.05) is 13.8 Å². The Hall–Kier alpha value is -11.7. The van der Waals surface area contributed by atoms with Crippen LogP contribution in [-0.2, 0) is 101 Å². The van der Waals surface area contributed by atoms with E-state index in [0.29, 0.717) is 38.0 Å². The standard InChI is InChI=1S/C77H121N23O27S/c1-39(2)24-47(68(118)88-40(3)64(114)85-32-61(110)96-21-8-13-51(96)74(124)98-35-41(102)25-53(98)69(119)83-30-56(105)89-44(15-16-63(112)113)67(117)93-48(38-101)66(116)82-29-57(106)90-46(76(126)127)10-5-18-81-77(79)80)91-58(107)31-84-70(120)54-26-42(103)36-99(54)75(125)52-14-9-22-97(52)62(111)33-86-65(115)45(17-23-128-4)92-72(122)49-11-6-19-94(49)60(109)34-87-71(121)55-27-43(104)37-100(55)73(123)50-12-7-20-95(50)59(108)28-78/h39-55,101-104H,5-38,78H2,1-4H3,(H,82,116)(H,83,119)(H,84,120)(H,85,114)(H,86,115)(H,87,121)(H,88,118)(H,89,105)(H,90,106)(H,91,107)(H,92,122)(H,93,117)(H,112,113)(H,126,127)(H4,79,80,81)/t40-,41+,42+,43+,44-,45-,46-,47-,48-,49-,50-,51-,52-,53-,54-,55-/m0/s1. The largest absolute Gasteiger partial charge is 0.481 e. The van der Waals surface area contributed by atoms with Gasteiger partial charge < -0.3 is 146 Å². The van der Waals surface area contributed by atoms with Crippen molar-refractivity contribution < 1.29 is 131 Å². The molecule has 712 valence electrons. The molecule has 0 bridgehead atoms. The maximum absolute atomic E-state index is 14.4. The minimum Gasteiger partial charge on any atom is -0.481 e. The summed E-state index contributed by atoms with van der Waals surface area (Å²) in [5, 5.41) is 89.5. The SMILES string of the molecule is CSCC[C@H](NC(=O)[C@@H]1CCCN1C(=O)CNC(=O)[C@@H]1C[C@@H](O)CN1C(=O)[C@@H]1CCCN1C(=O)CN)C(=O)NCC(=O)N1CCC[C@H]1C(=O)N1C[C@H](O)C[C@H]1C(=O)NCC(=O)N[C@@H](CC(C)C)C(=O)N[C@@H](C)C(=O)NCC(=O)N1CCC[C@H]1C(=O)N1C[C@H](O)C[C@H]1C(=O)NCC(=O)N[C@@H](CCC(=O)O)C(=O)N[C@@H](CO)C(=O)NCC(=O)N[C@@H](CCCN=C(N)N)C(=O)O. The topological polar surface area (TPSA) is 737 Å². The fraction of sp³-hybridized carbons (Fsp3) is 0.714. The van der Waals surface area contributed by atoms with E-state index in [9.17, 15) is 131 Å². The molecule has 0 aromatic carbocycles. The highest BCUT2D eigenvalue weighted by molar-refractivity contribution is 7.98. The van der Waals surface area contributed by atoms with Crippen molar-refractivity contribution >= 4 is 142 Å². The summed E-state index contributed by atoms with van der Waals surface area (Å²) in [4.78, 5) is 293. The average molecular weight is 1830 g/mol. The molecule has 0 aromatic heterocycles. The molecule has 7 heterocycles. The van der Waals surface area contributed by atoms with Crippen LogP contribution in [0.2, 0.25) is 0 Å². The zero-order valence-corrected chi connectivity index (χ0v) is 72.6. The summed E-state index contributed by atoms with van der Waals surface area (Å²) in [5.41, 5.74) is 16.1. The summed E-state index contributed by atoms with van der Waals surface area (Å²) >= 11 is 1.37. The summed E-state index contributed by atoms with van der Waals surface area (Å²) in [7, 11) is 0. The Morgan fingerprint density at radius 3 is 1.23 bits per heavy atom. The van der Waals surface area contributed by atoms with Gasteiger partial charge in [0.1, 0.15) is 78.5 Å². The molecular formula is C77H121N23O27S. The van der Waals surface area contributed by atoms with Gasteiger partial charge in [-0.3, -0.25) is 101 Å². The summed E-state index contributed by atoms with van der Waals surface area (Å²) in [5.74, 6) is -18.5. The molecular weight excluding hydrogens is 1710 g/mol. The second kappa shape index (κ2) is 49.6. The van der Waals surface area contributed by atoms with Crippen LogP contribution in [0.15, 0.2) is 4.99 Å². The Morgan fingerprint density at radius 1 is 0.414 bits per heavy atom. The maximum Gasteiger partial charge on any atom is 0.326 e. The number of carbonyl (C=O) groups is 21. The summed E-state index contributed by atoms with van der Waals surface area (Å²) in [6, 6.07) is -17.0. The number of carboxylic acids is 2. The highest BCUT2D eigenvalue weighted by atomic mass is 32.2. The molecule has 0 unspecified atom stereocenters. The maximum atomic E-state index is 14.4. The van der Waals surface area contributed by atoms with Crippen molar-refractivity contribution in [1.29, 1.82) is 0 Å². The minimum absolute atomic E-state index is 0.00922. The number of aliphatic hydroxyl groups is 4. The van der Waals surface area contributed by atoms with Crippen LogP contribution in [0.4, 0.5) is 0 Å². The molecule has 128 heavy (non-hydrogen) atoms. The Bertz CT molecular complexity index is 4120. The van der Waals surface area contributed by atoms with Crippen LogP contribution in [0.5, 0.6) is 0 Å². The minimum atomic E-state index is -1.80. The lowest BCUT2D eigenvalue weighted by molar-refractivity contribution is -0.147. The van der Waals surface area contributed by atoms with Crippen LogP contribution in [0.25, 0.3) is 0 Å². The van der Waals surface area contributed by atoms with Gasteiger partial charge in [0.25, 0.3) is 0 Å². The third-order valence-corrected chi connectivity index (χ3v) is 23.4. The van der Waals surface area contributed by atoms with Crippen molar-refractivity contribution in [2.75, 3.05) is 117 Å². The number of amides is 19. The lowest BCUT2D eigenvalue weighted by Gasteiger charge is -2.31. The van der Waals surface area contributed by atoms with Gasteiger partial charge in [0.05, 0.1) is 70.7 Å². The molecule has 0 aliphatic carbocycles. The molecule has 0 radical (unpaired) electrons. The predicted octanol–water partition coefficient (Wildman–Crippen LogP) is -12.8. The third-order valence-electron chi connectivity index (χ3n) is 22.8. The Kier molecular flexibility index (Phi) is 40.0. The van der Waals surface area contributed by atoms with Crippen LogP contribution in [0.1, 0.15) is 130 Å². The highest BCUT2D eigenvalue weighted by Crippen LogP contribution is 2.30. The normalized spacial score (nSPS) is 22.6. The van der Waals surface area contributed by atoms with Gasteiger partial charge in [-0.05, 0) is 108 Å². The number of carboxylic acid groups (broad SMARTS) is 2. The van der Waals surface area contributed by atoms with Crippen LogP contribution in [0.3, 0.4) is 0 Å². The molecule has 16 atom stereocenters. The molecule has 7 aliphatic rings. The number of rotatable bonds is 45. The molecule has 50 nitrogen and oxygen atoms in total. The summed E-state index contributed by atoms with van der Waals surface area (Å²) < 4.78 is 0. The lowest BCUT2D eigenvalue weighted by atomic mass is 10.0. The number of guanidine groups is 1. The number of aliphatic carboxylic acids is 2. The van der Waals surface area contributed by atoms with E-state index in [4.69, 9.17) is 17.2 Å². The van der Waals surface area contributed by atoms with E-state index in [1.807, 2.05) is 0 Å². The van der Waals surface area contributed by atoms with Gasteiger partial charge in [0, 0.05) is 78.0 Å². The first-order valence-corrected chi connectivity index (χ1v) is 44.0. The van der Waals surface area contributed by atoms with E-state index in [1.54, 1.807) is 20.1 Å². The quantitative estimate of drug-likeness (QED) is 0.0153. The van der Waals surface area contributed by atoms with Crippen molar-refractivity contribution in [2.45, 2.75) is 227 Å². The molecule has 0 spiro atoms. The number of thioether (sulfide) groups is 1. The fourth-order valence-corrected chi connectivity index (χ4v) is 16.8. The van der Waals surface area contributed by atoms with Crippen molar-refractivity contribution in [1.82, 2.24) is 98.1 Å². The number of likely N-dealkylation sites (tertiary alicyclic amines) is 7. The summed E-state index contributed by atoms with van der Waals surface area (Å²) in [6.45, 7) is -1.33. The van der Waals surface area contributed by atoms with Gasteiger partial charge >= 0.3 is 11.9 Å². The van der Waals surface area contributed by atoms with E-state index in [-0.39, 0.29) is 128 Å². The zero-order chi connectivity index (χ0) is 94.5. The number of hydrogen-bond acceptors (Lipinski definition) is 28. The Labute approximate surface area is 740 Å². The number of nitrogens with zero attached hydrogens (tertiary/aromatic N) is 8. The van der Waals surface area contributed by atoms with Crippen molar-refractivity contribution in [3.05, 3.63) is 0 Å². The molecule has 19 amide bonds. The van der Waals surface area contributed by atoms with Gasteiger partial charge in [-0.25, -0.2) is 4.79 Å². The van der Waals surface area contributed by atoms with Gasteiger partial charge in [0.2, 0.25) is 112 Å². The van der Waals surface area contributed by atoms with Crippen molar-refractivity contribution in [3.63, 3.8) is 0 Å². The smallest absolute Gasteiger partial charge is 0.326 e. The number of aliphatic hydroxyl groups excluding tert-OH is 4. The molecule has 7 fully saturated rings. The Morgan fingerprint density at radius 2 is 0.797 bits per heavy atom. The number of carbonyl (C=O) groups excluding carboxylic acids is 19. The zero-order valence-electron chi connectivity index (χ0n) is 71.8. The first-order chi connectivity index (χ1) is 60.7. The number of β-amino-alcohol motifs (C(OH)–C–C–N with tert-alkyl or cyclic N) is 3. The second-order valence-corrected chi connectivity index (χ2v) is 33.7. The van der Waals surface area contributed by atoms with E-state index < -0.39 is 286 Å². The number of nitrogens with one attached hydrogen (secondary N) is 12. The van der Waals surface area contributed by atoms with Crippen LogP contribution in [-0.4, -0.2) is 409 Å². The molecule has 51 heteroatoms. The highest BCUT2D eigenvalue weighted by Gasteiger charge is 2.49. The fourth-order valence-electron chi connectivity index (χ4n) is 16.3. The third kappa shape index (κ3) is 29.7. The predicted molar refractivity (Wildman–Crippen MR) is 446 cm³/mol. The monoisotopic (exact) mass is 1830 g/mol. The Balaban J connectivity index is 0.837.